The van der Waals surface area contributed by atoms with E-state index in [4.69, 9.17) is 11.6 Å². The summed E-state index contributed by atoms with van der Waals surface area (Å²) in [6.45, 7) is 7.60. The number of fused-ring (bicyclic) bond motifs is 2. The summed E-state index contributed by atoms with van der Waals surface area (Å²) in [5.41, 5.74) is 6.51. The number of allylic oxidation sites excluding steroid dienone is 2. The van der Waals surface area contributed by atoms with Crippen molar-refractivity contribution in [1.29, 1.82) is 0 Å². The van der Waals surface area contributed by atoms with Crippen LogP contribution >= 0.6 is 35.1 Å². The van der Waals surface area contributed by atoms with Crippen LogP contribution in [0.25, 0.3) is 11.1 Å². The van der Waals surface area contributed by atoms with E-state index in [1.807, 2.05) is 29.6 Å². The highest BCUT2D eigenvalue weighted by atomic mass is 35.5. The second-order valence-corrected chi connectivity index (χ2v) is 13.8. The number of rotatable bonds is 9. The minimum Gasteiger partial charge on any atom is -0.355 e. The van der Waals surface area contributed by atoms with Crippen molar-refractivity contribution in [2.24, 2.45) is 0 Å². The van der Waals surface area contributed by atoms with Crippen molar-refractivity contribution >= 4 is 46.5 Å². The standard InChI is InChI=1S/C33H39ClN3S2/c1-6-24(20-32-35(7-2)29-23-27(34)15-17-31(29)38-32)21-33-36(18-11-19-37(3,4)5)28-22-26(14-16-30(28)39-33)25-12-9-8-10-13-25/h8-10,12-17,20-23,33H,6-7,11,18-19H2,1-5H3/q+1. The Morgan fingerprint density at radius 1 is 0.923 bits per heavy atom. The lowest BCUT2D eigenvalue weighted by molar-refractivity contribution is -0.870. The molecule has 204 valence electrons. The van der Waals surface area contributed by atoms with Crippen LogP contribution in [-0.2, 0) is 0 Å². The highest BCUT2D eigenvalue weighted by Crippen LogP contribution is 2.48. The molecule has 1 unspecified atom stereocenters. The molecule has 0 radical (unpaired) electrons. The lowest BCUT2D eigenvalue weighted by atomic mass is 10.0. The van der Waals surface area contributed by atoms with Crippen molar-refractivity contribution in [3.8, 4) is 11.1 Å². The summed E-state index contributed by atoms with van der Waals surface area (Å²) in [5, 5.41) is 2.36. The number of quaternary nitrogens is 1. The Balaban J connectivity index is 1.45. The molecule has 0 saturated carbocycles. The van der Waals surface area contributed by atoms with Gasteiger partial charge in [-0.2, -0.15) is 0 Å². The Hall–Kier alpha value is -2.31. The summed E-state index contributed by atoms with van der Waals surface area (Å²) in [7, 11) is 6.84. The first-order chi connectivity index (χ1) is 18.8. The van der Waals surface area contributed by atoms with Gasteiger partial charge >= 0.3 is 0 Å². The Kier molecular flexibility index (Phi) is 8.72. The van der Waals surface area contributed by atoms with Crippen LogP contribution in [0.3, 0.4) is 0 Å². The predicted octanol–water partition coefficient (Wildman–Crippen LogP) is 9.15. The van der Waals surface area contributed by atoms with Crippen LogP contribution in [-0.4, -0.2) is 50.6 Å². The van der Waals surface area contributed by atoms with Gasteiger partial charge in [0, 0.05) is 34.3 Å². The van der Waals surface area contributed by atoms with Gasteiger partial charge in [-0.3, -0.25) is 0 Å². The highest BCUT2D eigenvalue weighted by molar-refractivity contribution is 8.03. The van der Waals surface area contributed by atoms with Crippen LogP contribution < -0.4 is 9.80 Å². The van der Waals surface area contributed by atoms with E-state index in [1.165, 1.54) is 42.9 Å². The molecule has 3 aromatic carbocycles. The van der Waals surface area contributed by atoms with Gasteiger partial charge in [-0.15, -0.1) is 0 Å². The topological polar surface area (TPSA) is 6.48 Å². The largest absolute Gasteiger partial charge is 0.355 e. The monoisotopic (exact) mass is 576 g/mol. The van der Waals surface area contributed by atoms with Crippen molar-refractivity contribution in [3.63, 3.8) is 0 Å². The predicted molar refractivity (Wildman–Crippen MR) is 173 cm³/mol. The van der Waals surface area contributed by atoms with E-state index in [1.54, 1.807) is 0 Å². The van der Waals surface area contributed by atoms with E-state index >= 15 is 0 Å². The number of nitrogens with zero attached hydrogens (tertiary/aromatic N) is 3. The fourth-order valence-electron chi connectivity index (χ4n) is 5.19. The van der Waals surface area contributed by atoms with Gasteiger partial charge in [0.2, 0.25) is 0 Å². The second kappa shape index (κ2) is 12.1. The van der Waals surface area contributed by atoms with Crippen LogP contribution in [0.1, 0.15) is 26.7 Å². The Morgan fingerprint density at radius 3 is 2.41 bits per heavy atom. The van der Waals surface area contributed by atoms with Crippen LogP contribution in [0.5, 0.6) is 0 Å². The van der Waals surface area contributed by atoms with E-state index in [0.717, 1.165) is 42.0 Å². The van der Waals surface area contributed by atoms with E-state index in [9.17, 15) is 0 Å². The van der Waals surface area contributed by atoms with Gasteiger partial charge in [-0.05, 0) is 72.5 Å². The fourth-order valence-corrected chi connectivity index (χ4v) is 7.83. The normalized spacial score (nSPS) is 18.2. The molecule has 0 bridgehead atoms. The Bertz CT molecular complexity index is 1380. The average Bonchev–Trinajstić information content (AvgIpc) is 3.44. The maximum absolute atomic E-state index is 6.34. The maximum atomic E-state index is 6.34. The van der Waals surface area contributed by atoms with Gasteiger partial charge in [0.05, 0.1) is 49.5 Å². The molecule has 3 nitrogen and oxygen atoms in total. The molecule has 0 saturated heterocycles. The van der Waals surface area contributed by atoms with Gasteiger partial charge in [0.15, 0.2) is 0 Å². The number of thioether (sulfide) groups is 2. The van der Waals surface area contributed by atoms with Crippen LogP contribution in [0.2, 0.25) is 5.02 Å². The molecule has 0 amide bonds. The first-order valence-corrected chi connectivity index (χ1v) is 15.9. The van der Waals surface area contributed by atoms with Gasteiger partial charge in [0.1, 0.15) is 0 Å². The number of anilines is 2. The van der Waals surface area contributed by atoms with E-state index in [2.05, 4.69) is 118 Å². The molecular formula is C33H39ClN3S2+. The quantitative estimate of drug-likeness (QED) is 0.234. The summed E-state index contributed by atoms with van der Waals surface area (Å²) in [5.74, 6) is 0. The first kappa shape index (κ1) is 28.2. The third kappa shape index (κ3) is 6.54. The summed E-state index contributed by atoms with van der Waals surface area (Å²) >= 11 is 10.2. The maximum Gasteiger partial charge on any atom is 0.0988 e. The third-order valence-corrected chi connectivity index (χ3v) is 9.82. The lowest BCUT2D eigenvalue weighted by Gasteiger charge is -2.29. The SMILES string of the molecule is CCC(=CC1Sc2ccc(-c3ccccc3)cc2N1CCC[N+](C)(C)C)C=C1Sc2ccc(Cl)cc2N1CC. The molecule has 0 N–H and O–H groups in total. The van der Waals surface area contributed by atoms with Gasteiger partial charge in [-0.1, -0.05) is 78.4 Å². The van der Waals surface area contributed by atoms with Crippen LogP contribution in [0.4, 0.5) is 11.4 Å². The van der Waals surface area contributed by atoms with Crippen LogP contribution in [0, 0.1) is 0 Å². The van der Waals surface area contributed by atoms with Crippen molar-refractivity contribution in [2.75, 3.05) is 50.6 Å². The molecule has 0 spiro atoms. The Morgan fingerprint density at radius 2 is 1.69 bits per heavy atom. The zero-order valence-corrected chi connectivity index (χ0v) is 26.0. The molecule has 0 fully saturated rings. The molecule has 2 aliphatic heterocycles. The van der Waals surface area contributed by atoms with E-state index in [0.29, 0.717) is 0 Å². The van der Waals surface area contributed by atoms with Gasteiger partial charge in [-0.25, -0.2) is 0 Å². The number of hydrogen-bond acceptors (Lipinski definition) is 4. The van der Waals surface area contributed by atoms with Crippen molar-refractivity contribution in [3.05, 3.63) is 94.5 Å². The number of benzene rings is 3. The van der Waals surface area contributed by atoms with Crippen LogP contribution in [0.15, 0.2) is 99.3 Å². The molecule has 1 atom stereocenters. The zero-order valence-electron chi connectivity index (χ0n) is 23.7. The molecule has 0 aliphatic carbocycles. The minimum atomic E-state index is 0.281. The average molecular weight is 577 g/mol. The molecule has 5 rings (SSSR count). The summed E-state index contributed by atoms with van der Waals surface area (Å²) in [4.78, 5) is 7.67. The van der Waals surface area contributed by atoms with E-state index < -0.39 is 0 Å². The molecule has 3 aromatic rings. The highest BCUT2D eigenvalue weighted by Gasteiger charge is 2.30. The first-order valence-electron chi connectivity index (χ1n) is 13.9. The van der Waals surface area contributed by atoms with Crippen molar-refractivity contribution < 1.29 is 4.48 Å². The molecule has 2 heterocycles. The number of halogens is 1. The van der Waals surface area contributed by atoms with E-state index in [-0.39, 0.29) is 5.37 Å². The summed E-state index contributed by atoms with van der Waals surface area (Å²) in [6.07, 6.45) is 7.04. The second-order valence-electron chi connectivity index (χ2n) is 11.2. The molecule has 6 heteroatoms. The Labute approximate surface area is 248 Å². The third-order valence-electron chi connectivity index (χ3n) is 7.24. The number of hydrogen-bond donors (Lipinski definition) is 0. The molecular weight excluding hydrogens is 538 g/mol. The van der Waals surface area contributed by atoms with Crippen molar-refractivity contribution in [1.82, 2.24) is 0 Å². The summed E-state index contributed by atoms with van der Waals surface area (Å²) < 4.78 is 0.985. The minimum absolute atomic E-state index is 0.281. The molecule has 39 heavy (non-hydrogen) atoms. The lowest BCUT2D eigenvalue weighted by Crippen LogP contribution is -2.38. The van der Waals surface area contributed by atoms with Gasteiger partial charge < -0.3 is 14.3 Å². The summed E-state index contributed by atoms with van der Waals surface area (Å²) in [6, 6.07) is 23.9. The molecule has 2 aliphatic rings. The smallest absolute Gasteiger partial charge is 0.0988 e. The van der Waals surface area contributed by atoms with Crippen molar-refractivity contribution in [2.45, 2.75) is 41.9 Å². The fraction of sp³-hybridized carbons (Fsp3) is 0.333. The molecule has 0 aromatic heterocycles. The van der Waals surface area contributed by atoms with Gasteiger partial charge in [0.25, 0.3) is 0 Å². The zero-order chi connectivity index (χ0) is 27.6.